The molecule has 1 unspecified atom stereocenters. The second kappa shape index (κ2) is 7.48. The fourth-order valence-corrected chi connectivity index (χ4v) is 2.24. The number of hydrogen-bond acceptors (Lipinski definition) is 7. The molecule has 7 heteroatoms. The van der Waals surface area contributed by atoms with Crippen molar-refractivity contribution in [1.82, 2.24) is 19.9 Å². The standard InChI is InChI=1S/C18H17N5O2/c1-12(14-7-19-11-20-8-14)23-18-21-9-15(10-22-18)17(24)13-3-5-16(25-2)6-4-13/h3-12H,1-2H3,(H,21,22,23). The molecule has 1 N–H and O–H groups in total. The van der Waals surface area contributed by atoms with Gasteiger partial charge in [0.2, 0.25) is 5.95 Å². The molecule has 0 spiro atoms. The maximum absolute atomic E-state index is 12.4. The number of nitrogens with one attached hydrogen (secondary N) is 1. The summed E-state index contributed by atoms with van der Waals surface area (Å²) in [6, 6.07) is 6.86. The van der Waals surface area contributed by atoms with Crippen LogP contribution in [0.1, 0.15) is 34.5 Å². The van der Waals surface area contributed by atoms with Crippen molar-refractivity contribution in [3.63, 3.8) is 0 Å². The number of carbonyl (C=O) groups is 1. The molecule has 25 heavy (non-hydrogen) atoms. The summed E-state index contributed by atoms with van der Waals surface area (Å²) in [7, 11) is 1.58. The predicted molar refractivity (Wildman–Crippen MR) is 92.5 cm³/mol. The molecule has 0 bridgehead atoms. The first kappa shape index (κ1) is 16.5. The van der Waals surface area contributed by atoms with Gasteiger partial charge in [0.25, 0.3) is 0 Å². The Morgan fingerprint density at radius 2 is 1.64 bits per heavy atom. The number of ketones is 1. The molecular weight excluding hydrogens is 318 g/mol. The van der Waals surface area contributed by atoms with Gasteiger partial charge in [-0.1, -0.05) is 0 Å². The van der Waals surface area contributed by atoms with Gasteiger partial charge in [0.1, 0.15) is 12.1 Å². The Bertz CT molecular complexity index is 836. The SMILES string of the molecule is COc1ccc(C(=O)c2cnc(NC(C)c3cncnc3)nc2)cc1. The number of methoxy groups -OCH3 is 1. The van der Waals surface area contributed by atoms with Crippen molar-refractivity contribution in [2.75, 3.05) is 12.4 Å². The van der Waals surface area contributed by atoms with Gasteiger partial charge in [0, 0.05) is 35.9 Å². The van der Waals surface area contributed by atoms with E-state index in [2.05, 4.69) is 25.3 Å². The molecule has 1 aromatic carbocycles. The fourth-order valence-electron chi connectivity index (χ4n) is 2.24. The van der Waals surface area contributed by atoms with Crippen LogP contribution in [-0.2, 0) is 0 Å². The lowest BCUT2D eigenvalue weighted by molar-refractivity contribution is 0.103. The van der Waals surface area contributed by atoms with E-state index in [1.54, 1.807) is 43.8 Å². The summed E-state index contributed by atoms with van der Waals surface area (Å²) in [5.74, 6) is 0.993. The van der Waals surface area contributed by atoms with Crippen LogP contribution < -0.4 is 10.1 Å². The summed E-state index contributed by atoms with van der Waals surface area (Å²) in [6.07, 6.45) is 7.96. The largest absolute Gasteiger partial charge is 0.497 e. The average molecular weight is 335 g/mol. The van der Waals surface area contributed by atoms with Crippen LogP contribution in [0.4, 0.5) is 5.95 Å². The molecule has 0 aliphatic rings. The highest BCUT2D eigenvalue weighted by atomic mass is 16.5. The van der Waals surface area contributed by atoms with Gasteiger partial charge in [-0.2, -0.15) is 0 Å². The lowest BCUT2D eigenvalue weighted by atomic mass is 10.1. The molecule has 0 aliphatic heterocycles. The smallest absolute Gasteiger partial charge is 0.223 e. The Morgan fingerprint density at radius 3 is 2.24 bits per heavy atom. The molecule has 2 aromatic heterocycles. The van der Waals surface area contributed by atoms with Gasteiger partial charge in [0.15, 0.2) is 5.78 Å². The summed E-state index contributed by atoms with van der Waals surface area (Å²) in [5, 5.41) is 3.15. The van der Waals surface area contributed by atoms with E-state index >= 15 is 0 Å². The van der Waals surface area contributed by atoms with Crippen LogP contribution in [0.5, 0.6) is 5.75 Å². The predicted octanol–water partition coefficient (Wildman–Crippen LogP) is 2.68. The lowest BCUT2D eigenvalue weighted by Crippen LogP contribution is -2.11. The van der Waals surface area contributed by atoms with E-state index in [9.17, 15) is 4.79 Å². The summed E-state index contributed by atoms with van der Waals surface area (Å²) in [5.41, 5.74) is 1.90. The Hall–Kier alpha value is -3.35. The van der Waals surface area contributed by atoms with E-state index in [1.165, 1.54) is 18.7 Å². The average Bonchev–Trinajstić information content (AvgIpc) is 2.69. The molecule has 7 nitrogen and oxygen atoms in total. The van der Waals surface area contributed by atoms with Crippen molar-refractivity contribution >= 4 is 11.7 Å². The zero-order valence-electron chi connectivity index (χ0n) is 13.9. The molecule has 126 valence electrons. The van der Waals surface area contributed by atoms with E-state index in [0.717, 1.165) is 5.56 Å². The highest BCUT2D eigenvalue weighted by Gasteiger charge is 2.12. The highest BCUT2D eigenvalue weighted by molar-refractivity contribution is 6.08. The molecule has 0 radical (unpaired) electrons. The first-order valence-corrected chi connectivity index (χ1v) is 7.69. The molecule has 0 fully saturated rings. The van der Waals surface area contributed by atoms with Crippen molar-refractivity contribution in [2.45, 2.75) is 13.0 Å². The minimum atomic E-state index is -0.140. The molecular formula is C18H17N5O2. The molecule has 3 aromatic rings. The summed E-state index contributed by atoms with van der Waals surface area (Å²) in [4.78, 5) is 28.8. The van der Waals surface area contributed by atoms with Crippen molar-refractivity contribution in [3.8, 4) is 5.75 Å². The highest BCUT2D eigenvalue weighted by Crippen LogP contribution is 2.17. The van der Waals surface area contributed by atoms with Crippen LogP contribution in [0.15, 0.2) is 55.4 Å². The second-order valence-electron chi connectivity index (χ2n) is 5.39. The van der Waals surface area contributed by atoms with Crippen LogP contribution in [0.25, 0.3) is 0 Å². The van der Waals surface area contributed by atoms with Gasteiger partial charge in [-0.05, 0) is 31.2 Å². The Labute approximate surface area is 145 Å². The van der Waals surface area contributed by atoms with Gasteiger partial charge < -0.3 is 10.1 Å². The van der Waals surface area contributed by atoms with Gasteiger partial charge >= 0.3 is 0 Å². The molecule has 0 amide bonds. The Morgan fingerprint density at radius 1 is 1.00 bits per heavy atom. The molecule has 0 saturated heterocycles. The molecule has 1 atom stereocenters. The molecule has 3 rings (SSSR count). The number of benzene rings is 1. The second-order valence-corrected chi connectivity index (χ2v) is 5.39. The van der Waals surface area contributed by atoms with Gasteiger partial charge in [-0.25, -0.2) is 19.9 Å². The third-order valence-electron chi connectivity index (χ3n) is 3.69. The summed E-state index contributed by atoms with van der Waals surface area (Å²) < 4.78 is 5.09. The first-order chi connectivity index (χ1) is 12.2. The van der Waals surface area contributed by atoms with Crippen molar-refractivity contribution < 1.29 is 9.53 Å². The van der Waals surface area contributed by atoms with Gasteiger partial charge in [-0.3, -0.25) is 4.79 Å². The van der Waals surface area contributed by atoms with Crippen LogP contribution >= 0.6 is 0 Å². The van der Waals surface area contributed by atoms with Gasteiger partial charge in [-0.15, -0.1) is 0 Å². The molecule has 0 saturated carbocycles. The van der Waals surface area contributed by atoms with E-state index in [4.69, 9.17) is 4.74 Å². The van der Waals surface area contributed by atoms with Crippen LogP contribution in [0.2, 0.25) is 0 Å². The minimum Gasteiger partial charge on any atom is -0.497 e. The van der Waals surface area contributed by atoms with Gasteiger partial charge in [0.05, 0.1) is 18.7 Å². The zero-order valence-corrected chi connectivity index (χ0v) is 13.9. The number of hydrogen-bond donors (Lipinski definition) is 1. The van der Waals surface area contributed by atoms with Crippen molar-refractivity contribution in [1.29, 1.82) is 0 Å². The number of rotatable bonds is 6. The number of anilines is 1. The molecule has 0 aliphatic carbocycles. The van der Waals surface area contributed by atoms with E-state index in [-0.39, 0.29) is 11.8 Å². The maximum atomic E-state index is 12.4. The lowest BCUT2D eigenvalue weighted by Gasteiger charge is -2.13. The number of nitrogens with zero attached hydrogens (tertiary/aromatic N) is 4. The quantitative estimate of drug-likeness (QED) is 0.693. The number of carbonyl (C=O) groups excluding carboxylic acids is 1. The minimum absolute atomic E-state index is 0.0515. The monoisotopic (exact) mass is 335 g/mol. The van der Waals surface area contributed by atoms with E-state index < -0.39 is 0 Å². The summed E-state index contributed by atoms with van der Waals surface area (Å²) in [6.45, 7) is 1.96. The Kier molecular flexibility index (Phi) is 4.94. The third-order valence-corrected chi connectivity index (χ3v) is 3.69. The Balaban J connectivity index is 1.70. The fraction of sp³-hybridized carbons (Fsp3) is 0.167. The van der Waals surface area contributed by atoms with Crippen LogP contribution in [0, 0.1) is 0 Å². The zero-order chi connectivity index (χ0) is 17.6. The van der Waals surface area contributed by atoms with E-state index in [0.29, 0.717) is 22.8 Å². The topological polar surface area (TPSA) is 89.9 Å². The van der Waals surface area contributed by atoms with Crippen molar-refractivity contribution in [3.05, 3.63) is 72.1 Å². The number of ether oxygens (including phenoxy) is 1. The third kappa shape index (κ3) is 3.95. The van der Waals surface area contributed by atoms with Crippen LogP contribution in [0.3, 0.4) is 0 Å². The maximum Gasteiger partial charge on any atom is 0.223 e. The van der Waals surface area contributed by atoms with E-state index in [1.807, 2.05) is 6.92 Å². The van der Waals surface area contributed by atoms with Crippen molar-refractivity contribution in [2.24, 2.45) is 0 Å². The normalized spacial score (nSPS) is 11.6. The summed E-state index contributed by atoms with van der Waals surface area (Å²) >= 11 is 0. The molecule has 2 heterocycles. The first-order valence-electron chi connectivity index (χ1n) is 7.69. The van der Waals surface area contributed by atoms with Crippen LogP contribution in [-0.4, -0.2) is 32.8 Å². The number of aromatic nitrogens is 4.